The number of nitrogens with two attached hydrogens (primary N) is 1. The lowest BCUT2D eigenvalue weighted by Crippen LogP contribution is -2.65. The zero-order chi connectivity index (χ0) is 29.9. The monoisotopic (exact) mass is 587 g/mol. The fraction of sp³-hybridized carbons (Fsp3) is 0.333. The van der Waals surface area contributed by atoms with Gasteiger partial charge in [-0.25, -0.2) is 17.9 Å². The molecule has 220 valence electrons. The van der Waals surface area contributed by atoms with Gasteiger partial charge < -0.3 is 30.5 Å². The molecule has 1 spiro atoms. The molecule has 0 aliphatic carbocycles. The highest BCUT2D eigenvalue weighted by Crippen LogP contribution is 2.48. The molecule has 6 rings (SSSR count). The summed E-state index contributed by atoms with van der Waals surface area (Å²) in [5, 5.41) is 41.1. The van der Waals surface area contributed by atoms with Crippen molar-refractivity contribution in [1.29, 1.82) is 0 Å². The number of para-hydroxylation sites is 1. The Morgan fingerprint density at radius 1 is 1.14 bits per heavy atom. The van der Waals surface area contributed by atoms with Crippen molar-refractivity contribution in [3.05, 3.63) is 82.0 Å². The molecule has 12 nitrogen and oxygen atoms in total. The van der Waals surface area contributed by atoms with Crippen molar-refractivity contribution < 1.29 is 42.8 Å². The summed E-state index contributed by atoms with van der Waals surface area (Å²) < 4.78 is 55.5. The Labute approximate surface area is 234 Å². The number of pyridine rings is 1. The molecule has 42 heavy (non-hydrogen) atoms. The third-order valence-electron chi connectivity index (χ3n) is 7.80. The highest BCUT2D eigenvalue weighted by Gasteiger charge is 2.62. The Hall–Kier alpha value is -4.15. The van der Waals surface area contributed by atoms with Crippen LogP contribution in [0.2, 0.25) is 0 Å². The lowest BCUT2D eigenvalue weighted by molar-refractivity contribution is -0.350. The number of primary amides is 1. The predicted octanol–water partition coefficient (Wildman–Crippen LogP) is 0.788. The minimum absolute atomic E-state index is 0.00221. The fourth-order valence-corrected chi connectivity index (χ4v) is 5.88. The number of aliphatic hydroxyl groups is 3. The van der Waals surface area contributed by atoms with Crippen LogP contribution in [0, 0.1) is 17.5 Å². The van der Waals surface area contributed by atoms with Crippen LogP contribution < -0.4 is 11.3 Å². The highest BCUT2D eigenvalue weighted by atomic mass is 19.2. The normalized spacial score (nSPS) is 27.6. The van der Waals surface area contributed by atoms with E-state index in [1.165, 1.54) is 10.8 Å². The quantitative estimate of drug-likeness (QED) is 0.246. The molecule has 0 bridgehead atoms. The molecule has 2 aromatic heterocycles. The van der Waals surface area contributed by atoms with Crippen LogP contribution in [0.5, 0.6) is 0 Å². The van der Waals surface area contributed by atoms with Gasteiger partial charge in [-0.1, -0.05) is 23.4 Å². The van der Waals surface area contributed by atoms with Crippen molar-refractivity contribution in [3.8, 4) is 11.3 Å². The zero-order valence-electron chi connectivity index (χ0n) is 21.6. The Bertz CT molecular complexity index is 1740. The largest absolute Gasteiger partial charge is 0.394 e. The lowest BCUT2D eigenvalue weighted by atomic mass is 9.86. The van der Waals surface area contributed by atoms with Crippen LogP contribution in [0.15, 0.2) is 53.5 Å². The maximum atomic E-state index is 13.9. The van der Waals surface area contributed by atoms with Crippen LogP contribution in [0.4, 0.5) is 13.2 Å². The van der Waals surface area contributed by atoms with Gasteiger partial charge >= 0.3 is 0 Å². The van der Waals surface area contributed by atoms with E-state index in [1.807, 2.05) is 0 Å². The van der Waals surface area contributed by atoms with Gasteiger partial charge in [-0.05, 0) is 24.6 Å². The molecule has 0 unspecified atom stereocenters. The molecule has 0 radical (unpaired) electrons. The fourth-order valence-electron chi connectivity index (χ4n) is 5.88. The average Bonchev–Trinajstić information content (AvgIpc) is 3.61. The van der Waals surface area contributed by atoms with E-state index >= 15 is 0 Å². The maximum Gasteiger partial charge on any atom is 0.252 e. The van der Waals surface area contributed by atoms with Crippen LogP contribution in [0.25, 0.3) is 22.2 Å². The topological polar surface area (TPSA) is 175 Å². The number of nitrogens with zero attached hydrogens (tertiary/aromatic N) is 4. The van der Waals surface area contributed by atoms with Gasteiger partial charge in [0.2, 0.25) is 11.7 Å². The van der Waals surface area contributed by atoms with Crippen LogP contribution in [0.1, 0.15) is 28.9 Å². The van der Waals surface area contributed by atoms with Gasteiger partial charge in [-0.2, -0.15) is 0 Å². The molecular formula is C27H24F3N5O7. The maximum absolute atomic E-state index is 13.9. The average molecular weight is 588 g/mol. The van der Waals surface area contributed by atoms with E-state index < -0.39 is 71.7 Å². The van der Waals surface area contributed by atoms with E-state index in [4.69, 9.17) is 15.2 Å². The van der Waals surface area contributed by atoms with Gasteiger partial charge in [0.05, 0.1) is 36.5 Å². The summed E-state index contributed by atoms with van der Waals surface area (Å²) >= 11 is 0. The molecule has 2 aromatic carbocycles. The summed E-state index contributed by atoms with van der Waals surface area (Å²) in [4.78, 5) is 25.5. The summed E-state index contributed by atoms with van der Waals surface area (Å²) in [6.45, 7) is -0.730. The second-order valence-corrected chi connectivity index (χ2v) is 10.1. The van der Waals surface area contributed by atoms with Crippen LogP contribution >= 0.6 is 0 Å². The van der Waals surface area contributed by atoms with Gasteiger partial charge in [0.1, 0.15) is 30.0 Å². The first-order valence-corrected chi connectivity index (χ1v) is 12.9. The van der Waals surface area contributed by atoms with E-state index in [2.05, 4.69) is 10.3 Å². The first kappa shape index (κ1) is 28.0. The van der Waals surface area contributed by atoms with Gasteiger partial charge in [0.25, 0.3) is 5.56 Å². The molecule has 0 saturated carbocycles. The number of carbonyl (C=O) groups excluding carboxylic acids is 1. The molecular weight excluding hydrogens is 563 g/mol. The summed E-state index contributed by atoms with van der Waals surface area (Å²) in [5.74, 6) is -7.39. The number of hydrogen-bond donors (Lipinski definition) is 4. The number of carbonyl (C=O) groups is 1. The molecule has 6 atom stereocenters. The minimum Gasteiger partial charge on any atom is -0.394 e. The first-order valence-electron chi connectivity index (χ1n) is 12.9. The van der Waals surface area contributed by atoms with Crippen LogP contribution in [0.3, 0.4) is 0 Å². The van der Waals surface area contributed by atoms with E-state index in [-0.39, 0.29) is 29.8 Å². The van der Waals surface area contributed by atoms with Crippen molar-refractivity contribution in [2.24, 2.45) is 5.73 Å². The van der Waals surface area contributed by atoms with Crippen molar-refractivity contribution in [3.63, 3.8) is 0 Å². The number of ether oxygens (including phenoxy) is 2. The number of hydrogen-bond acceptors (Lipinski definition) is 9. The van der Waals surface area contributed by atoms with Crippen molar-refractivity contribution >= 4 is 16.8 Å². The summed E-state index contributed by atoms with van der Waals surface area (Å²) in [6.07, 6.45) is -3.37. The molecule has 4 aromatic rings. The number of aliphatic hydroxyl groups excluding tert-OH is 3. The Kier molecular flexibility index (Phi) is 6.86. The van der Waals surface area contributed by atoms with E-state index in [0.717, 1.165) is 10.7 Å². The van der Waals surface area contributed by atoms with Gasteiger partial charge in [-0.3, -0.25) is 14.2 Å². The molecule has 5 N–H and O–H groups in total. The molecule has 1 amide bonds. The van der Waals surface area contributed by atoms with Crippen LogP contribution in [-0.4, -0.2) is 78.1 Å². The molecule has 4 heterocycles. The molecule has 2 aliphatic rings. The number of halogens is 3. The van der Waals surface area contributed by atoms with E-state index in [1.54, 1.807) is 24.3 Å². The second kappa shape index (κ2) is 10.3. The Morgan fingerprint density at radius 2 is 1.86 bits per heavy atom. The van der Waals surface area contributed by atoms with Gasteiger partial charge in [0, 0.05) is 17.0 Å². The number of fused-ring (bicyclic) bond motifs is 1. The SMILES string of the molecule is NC(=O)c1cc(=O)n([C@@H]2CCO[C@]23O[C@H](CO)[C@H](O)[C@H](n2cc(-c4cc(F)c(F)c(F)c4)nn2)[C@H]3O)c2ccccc12. The summed E-state index contributed by atoms with van der Waals surface area (Å²) in [7, 11) is 0. The van der Waals surface area contributed by atoms with Crippen molar-refractivity contribution in [1.82, 2.24) is 19.6 Å². The molecule has 15 heteroatoms. The van der Waals surface area contributed by atoms with Crippen molar-refractivity contribution in [2.75, 3.05) is 13.2 Å². The Morgan fingerprint density at radius 3 is 2.55 bits per heavy atom. The number of rotatable bonds is 5. The predicted molar refractivity (Wildman–Crippen MR) is 137 cm³/mol. The number of aromatic nitrogens is 4. The molecule has 2 aliphatic heterocycles. The first-order chi connectivity index (χ1) is 20.1. The van der Waals surface area contributed by atoms with E-state index in [9.17, 15) is 38.1 Å². The summed E-state index contributed by atoms with van der Waals surface area (Å²) in [5.41, 5.74) is 4.89. The highest BCUT2D eigenvalue weighted by molar-refractivity contribution is 6.05. The van der Waals surface area contributed by atoms with Crippen molar-refractivity contribution in [2.45, 2.75) is 42.6 Å². The number of amides is 1. The van der Waals surface area contributed by atoms with Gasteiger partial charge in [0.15, 0.2) is 17.5 Å². The molecule has 2 fully saturated rings. The lowest BCUT2D eigenvalue weighted by Gasteiger charge is -2.49. The number of benzene rings is 2. The zero-order valence-corrected chi connectivity index (χ0v) is 21.6. The molecule has 2 saturated heterocycles. The van der Waals surface area contributed by atoms with Gasteiger partial charge in [-0.15, -0.1) is 5.10 Å². The standard InChI is InChI=1S/C27H24F3N5O7/c28-15-7-12(8-16(29)22(15)30)17-10-34(33-32-17)23-24(38)19(11-36)42-27(25(23)39)20(5-6-41-27)35-18-4-2-1-3-13(18)14(26(31)40)9-21(35)37/h1-4,7-10,19-20,23-25,36,38-39H,5-6,11H2,(H2,31,40)/t19-,20-,23+,24+,25-,27+/m1/s1. The second-order valence-electron chi connectivity index (χ2n) is 10.1. The smallest absolute Gasteiger partial charge is 0.252 e. The third kappa shape index (κ3) is 4.20. The third-order valence-corrected chi connectivity index (χ3v) is 7.80. The van der Waals surface area contributed by atoms with E-state index in [0.29, 0.717) is 23.0 Å². The minimum atomic E-state index is -2.02. The summed E-state index contributed by atoms with van der Waals surface area (Å²) in [6, 6.07) is 6.57. The van der Waals surface area contributed by atoms with Crippen LogP contribution in [-0.2, 0) is 9.47 Å². The Balaban J connectivity index is 1.46.